The number of hydrogen-bond donors (Lipinski definition) is 2. The Hall–Kier alpha value is -1.85. The fourth-order valence-corrected chi connectivity index (χ4v) is 1.42. The molecule has 0 unspecified atom stereocenters. The molecule has 0 aliphatic carbocycles. The zero-order valence-corrected chi connectivity index (χ0v) is 10.1. The SMILES string of the molecule is CN/C=C(\NCc1ccccc1OC)C(F)(F)F. The van der Waals surface area contributed by atoms with Crippen LogP contribution in [0.1, 0.15) is 5.56 Å². The maximum absolute atomic E-state index is 12.6. The van der Waals surface area contributed by atoms with E-state index in [2.05, 4.69) is 10.6 Å². The number of methoxy groups -OCH3 is 1. The lowest BCUT2D eigenvalue weighted by Gasteiger charge is -2.15. The third-order valence-corrected chi connectivity index (χ3v) is 2.26. The predicted octanol–water partition coefficient (Wildman–Crippen LogP) is 2.41. The molecule has 1 aromatic rings. The molecule has 0 atom stereocenters. The molecule has 0 aromatic heterocycles. The van der Waals surface area contributed by atoms with E-state index in [-0.39, 0.29) is 6.54 Å². The molecule has 0 saturated heterocycles. The average Bonchev–Trinajstić information content (AvgIpc) is 2.33. The minimum absolute atomic E-state index is 0.0387. The topological polar surface area (TPSA) is 33.3 Å². The first kappa shape index (κ1) is 14.2. The second-order valence-electron chi connectivity index (χ2n) is 3.51. The molecule has 18 heavy (non-hydrogen) atoms. The summed E-state index contributed by atoms with van der Waals surface area (Å²) < 4.78 is 42.8. The van der Waals surface area contributed by atoms with Gasteiger partial charge in [-0.05, 0) is 6.07 Å². The van der Waals surface area contributed by atoms with E-state index in [1.807, 2.05) is 0 Å². The zero-order chi connectivity index (χ0) is 13.6. The van der Waals surface area contributed by atoms with Gasteiger partial charge in [-0.2, -0.15) is 13.2 Å². The highest BCUT2D eigenvalue weighted by Gasteiger charge is 2.33. The molecular weight excluding hydrogens is 245 g/mol. The van der Waals surface area contributed by atoms with E-state index in [0.29, 0.717) is 11.3 Å². The molecule has 0 radical (unpaired) electrons. The Balaban J connectivity index is 2.77. The lowest BCUT2D eigenvalue weighted by atomic mass is 10.2. The summed E-state index contributed by atoms with van der Waals surface area (Å²) in [6.07, 6.45) is -3.53. The highest BCUT2D eigenvalue weighted by atomic mass is 19.4. The first-order valence-corrected chi connectivity index (χ1v) is 5.29. The van der Waals surface area contributed by atoms with Gasteiger partial charge >= 0.3 is 6.18 Å². The van der Waals surface area contributed by atoms with Crippen LogP contribution in [-0.4, -0.2) is 20.3 Å². The number of ether oxygens (including phenoxy) is 1. The lowest BCUT2D eigenvalue weighted by Crippen LogP contribution is -2.27. The van der Waals surface area contributed by atoms with E-state index in [4.69, 9.17) is 4.74 Å². The van der Waals surface area contributed by atoms with Gasteiger partial charge < -0.3 is 15.4 Å². The Labute approximate surface area is 104 Å². The van der Waals surface area contributed by atoms with Crippen LogP contribution >= 0.6 is 0 Å². The standard InChI is InChI=1S/C12H15F3N2O/c1-16-8-11(12(13,14)15)17-7-9-5-3-4-6-10(9)18-2/h3-6,8,16-17H,7H2,1-2H3/b11-8-. The summed E-state index contributed by atoms with van der Waals surface area (Å²) in [4.78, 5) is 0. The summed E-state index contributed by atoms with van der Waals surface area (Å²) >= 11 is 0. The molecule has 0 fully saturated rings. The number of rotatable bonds is 5. The molecule has 0 aliphatic heterocycles. The summed E-state index contributed by atoms with van der Waals surface area (Å²) in [5, 5.41) is 4.71. The largest absolute Gasteiger partial charge is 0.496 e. The van der Waals surface area contributed by atoms with E-state index in [1.165, 1.54) is 14.2 Å². The first-order valence-electron chi connectivity index (χ1n) is 5.29. The Morgan fingerprint density at radius 3 is 2.56 bits per heavy atom. The minimum atomic E-state index is -4.41. The Morgan fingerprint density at radius 1 is 1.33 bits per heavy atom. The van der Waals surface area contributed by atoms with Gasteiger partial charge in [-0.1, -0.05) is 18.2 Å². The molecule has 0 aliphatic rings. The molecule has 1 rings (SSSR count). The highest BCUT2D eigenvalue weighted by Crippen LogP contribution is 2.24. The van der Waals surface area contributed by atoms with Crippen LogP contribution in [0.25, 0.3) is 0 Å². The van der Waals surface area contributed by atoms with Crippen molar-refractivity contribution in [3.63, 3.8) is 0 Å². The van der Waals surface area contributed by atoms with Crippen LogP contribution in [0.4, 0.5) is 13.2 Å². The summed E-state index contributed by atoms with van der Waals surface area (Å²) in [6.45, 7) is 0.0387. The van der Waals surface area contributed by atoms with Gasteiger partial charge in [-0.25, -0.2) is 0 Å². The van der Waals surface area contributed by atoms with Crippen molar-refractivity contribution in [3.05, 3.63) is 41.7 Å². The second kappa shape index (κ2) is 6.18. The molecule has 0 saturated carbocycles. The van der Waals surface area contributed by atoms with Gasteiger partial charge in [-0.3, -0.25) is 0 Å². The number of nitrogens with one attached hydrogen (secondary N) is 2. The van der Waals surface area contributed by atoms with Crippen LogP contribution in [-0.2, 0) is 6.54 Å². The Morgan fingerprint density at radius 2 is 2.00 bits per heavy atom. The molecule has 0 spiro atoms. The van der Waals surface area contributed by atoms with Crippen LogP contribution in [0.2, 0.25) is 0 Å². The number of alkyl halides is 3. The molecule has 6 heteroatoms. The van der Waals surface area contributed by atoms with E-state index >= 15 is 0 Å². The lowest BCUT2D eigenvalue weighted by molar-refractivity contribution is -0.0973. The first-order chi connectivity index (χ1) is 8.49. The third kappa shape index (κ3) is 3.87. The van der Waals surface area contributed by atoms with Crippen molar-refractivity contribution >= 4 is 0 Å². The summed E-state index contributed by atoms with van der Waals surface area (Å²) in [5.74, 6) is 0.552. The fourth-order valence-electron chi connectivity index (χ4n) is 1.42. The van der Waals surface area contributed by atoms with Crippen LogP contribution in [0.5, 0.6) is 5.75 Å². The molecule has 1 aromatic carbocycles. The van der Waals surface area contributed by atoms with E-state index < -0.39 is 11.9 Å². The average molecular weight is 260 g/mol. The van der Waals surface area contributed by atoms with Crippen molar-refractivity contribution in [3.8, 4) is 5.75 Å². The Bertz CT molecular complexity index is 416. The predicted molar refractivity (Wildman–Crippen MR) is 63.0 cm³/mol. The van der Waals surface area contributed by atoms with Gasteiger partial charge in [0.2, 0.25) is 0 Å². The minimum Gasteiger partial charge on any atom is -0.496 e. The van der Waals surface area contributed by atoms with E-state index in [0.717, 1.165) is 6.20 Å². The van der Waals surface area contributed by atoms with Gasteiger partial charge in [0.05, 0.1) is 7.11 Å². The zero-order valence-electron chi connectivity index (χ0n) is 10.1. The van der Waals surface area contributed by atoms with Crippen molar-refractivity contribution in [2.75, 3.05) is 14.2 Å². The number of halogens is 3. The number of hydrogen-bond acceptors (Lipinski definition) is 3. The van der Waals surface area contributed by atoms with Crippen molar-refractivity contribution in [2.24, 2.45) is 0 Å². The van der Waals surface area contributed by atoms with Gasteiger partial charge in [0.25, 0.3) is 0 Å². The number of allylic oxidation sites excluding steroid dienone is 1. The number of para-hydroxylation sites is 1. The molecule has 0 bridgehead atoms. The van der Waals surface area contributed by atoms with Crippen molar-refractivity contribution < 1.29 is 17.9 Å². The molecular formula is C12H15F3N2O. The van der Waals surface area contributed by atoms with Gasteiger partial charge in [0.15, 0.2) is 0 Å². The summed E-state index contributed by atoms with van der Waals surface area (Å²) in [5.41, 5.74) is -0.165. The number of benzene rings is 1. The van der Waals surface area contributed by atoms with Gasteiger partial charge in [0, 0.05) is 25.4 Å². The maximum atomic E-state index is 12.6. The van der Waals surface area contributed by atoms with Crippen molar-refractivity contribution in [1.29, 1.82) is 0 Å². The molecule has 3 nitrogen and oxygen atoms in total. The van der Waals surface area contributed by atoms with Crippen LogP contribution < -0.4 is 15.4 Å². The molecule has 100 valence electrons. The van der Waals surface area contributed by atoms with Gasteiger partial charge in [0.1, 0.15) is 11.4 Å². The summed E-state index contributed by atoms with van der Waals surface area (Å²) in [7, 11) is 2.89. The normalized spacial score (nSPS) is 12.2. The third-order valence-electron chi connectivity index (χ3n) is 2.26. The second-order valence-corrected chi connectivity index (χ2v) is 3.51. The van der Waals surface area contributed by atoms with Crippen LogP contribution in [0.15, 0.2) is 36.2 Å². The fraction of sp³-hybridized carbons (Fsp3) is 0.333. The molecule has 0 amide bonds. The smallest absolute Gasteiger partial charge is 0.432 e. The quantitative estimate of drug-likeness (QED) is 0.853. The monoisotopic (exact) mass is 260 g/mol. The van der Waals surface area contributed by atoms with E-state index in [9.17, 15) is 13.2 Å². The Kier molecular flexibility index (Phi) is 4.88. The molecule has 0 heterocycles. The van der Waals surface area contributed by atoms with Crippen molar-refractivity contribution in [2.45, 2.75) is 12.7 Å². The molecule has 2 N–H and O–H groups in total. The maximum Gasteiger partial charge on any atom is 0.432 e. The van der Waals surface area contributed by atoms with Gasteiger partial charge in [-0.15, -0.1) is 0 Å². The highest BCUT2D eigenvalue weighted by molar-refractivity contribution is 5.33. The van der Waals surface area contributed by atoms with E-state index in [1.54, 1.807) is 24.3 Å². The van der Waals surface area contributed by atoms with Crippen molar-refractivity contribution in [1.82, 2.24) is 10.6 Å². The van der Waals surface area contributed by atoms with Crippen LogP contribution in [0, 0.1) is 0 Å². The van der Waals surface area contributed by atoms with Crippen LogP contribution in [0.3, 0.4) is 0 Å². The summed E-state index contributed by atoms with van der Waals surface area (Å²) in [6, 6.07) is 6.91.